The highest BCUT2D eigenvalue weighted by molar-refractivity contribution is 5.98. The number of carbonyl (C=O) groups is 4. The van der Waals surface area contributed by atoms with Gasteiger partial charge in [0.25, 0.3) is 5.91 Å². The number of nitrogens with zero attached hydrogens (tertiary/aromatic N) is 1. The maximum atomic E-state index is 14.7. The second-order valence-corrected chi connectivity index (χ2v) is 9.86. The molecule has 0 radical (unpaired) electrons. The topological polar surface area (TPSA) is 198 Å². The zero-order valence-corrected chi connectivity index (χ0v) is 23.5. The molecule has 1 fully saturated rings. The van der Waals surface area contributed by atoms with E-state index in [1.54, 1.807) is 0 Å². The van der Waals surface area contributed by atoms with Crippen molar-refractivity contribution in [2.75, 3.05) is 13.2 Å². The number of hydrogen-bond acceptors (Lipinski definition) is 9. The van der Waals surface area contributed by atoms with Crippen molar-refractivity contribution >= 4 is 23.8 Å². The minimum atomic E-state index is -3.14. The first-order valence-electron chi connectivity index (χ1n) is 13.3. The van der Waals surface area contributed by atoms with Crippen LogP contribution >= 0.6 is 0 Å². The number of benzene rings is 2. The van der Waals surface area contributed by atoms with Crippen molar-refractivity contribution in [3.63, 3.8) is 0 Å². The van der Waals surface area contributed by atoms with Crippen LogP contribution < -0.4 is 31.6 Å². The molecule has 13 nitrogen and oxygen atoms in total. The second-order valence-electron chi connectivity index (χ2n) is 9.86. The van der Waals surface area contributed by atoms with Gasteiger partial charge < -0.3 is 40.7 Å². The summed E-state index contributed by atoms with van der Waals surface area (Å²) < 4.78 is 75.2. The number of rotatable bonds is 14. The van der Waals surface area contributed by atoms with Crippen LogP contribution in [0.15, 0.2) is 40.8 Å². The third-order valence-corrected chi connectivity index (χ3v) is 6.36. The molecule has 0 spiro atoms. The third-order valence-electron chi connectivity index (χ3n) is 6.36. The van der Waals surface area contributed by atoms with E-state index in [0.29, 0.717) is 6.07 Å². The molecule has 0 saturated heterocycles. The van der Waals surface area contributed by atoms with E-state index in [1.807, 2.05) is 0 Å². The Bertz CT molecular complexity index is 1600. The highest BCUT2D eigenvalue weighted by Gasteiger charge is 2.32. The van der Waals surface area contributed by atoms with Crippen molar-refractivity contribution in [2.24, 2.45) is 17.4 Å². The number of aromatic nitrogens is 1. The van der Waals surface area contributed by atoms with E-state index in [1.165, 1.54) is 25.1 Å². The normalized spacial score (nSPS) is 13.9. The van der Waals surface area contributed by atoms with Crippen LogP contribution in [0, 0.1) is 17.6 Å². The number of nitrogens with one attached hydrogen (secondary N) is 2. The quantitative estimate of drug-likeness (QED) is 0.192. The molecule has 1 aliphatic rings. The maximum absolute atomic E-state index is 14.7. The highest BCUT2D eigenvalue weighted by Crippen LogP contribution is 2.37. The predicted octanol–water partition coefficient (Wildman–Crippen LogP) is 3.24. The molecule has 1 saturated carbocycles. The maximum Gasteiger partial charge on any atom is 0.405 e. The Morgan fingerprint density at radius 1 is 1.07 bits per heavy atom. The van der Waals surface area contributed by atoms with Crippen LogP contribution in [-0.4, -0.2) is 48.6 Å². The smallest absolute Gasteiger partial charge is 0.405 e. The second kappa shape index (κ2) is 14.0. The van der Waals surface area contributed by atoms with Crippen LogP contribution in [0.2, 0.25) is 0 Å². The van der Waals surface area contributed by atoms with Gasteiger partial charge in [-0.25, -0.2) is 18.6 Å². The lowest BCUT2D eigenvalue weighted by molar-refractivity contribution is -0.126. The summed E-state index contributed by atoms with van der Waals surface area (Å²) in [5.41, 5.74) is 9.26. The molecule has 4 amide bonds. The number of halogens is 4. The average molecular weight is 638 g/mol. The van der Waals surface area contributed by atoms with Gasteiger partial charge in [0, 0.05) is 17.2 Å². The first-order valence-corrected chi connectivity index (χ1v) is 13.3. The monoisotopic (exact) mass is 637 g/mol. The molecule has 17 heteroatoms. The van der Waals surface area contributed by atoms with Crippen LogP contribution in [0.4, 0.5) is 22.4 Å². The minimum Gasteiger partial charge on any atom is -0.489 e. The number of oxazole rings is 1. The van der Waals surface area contributed by atoms with Gasteiger partial charge in [0.15, 0.2) is 29.1 Å². The molecular weight excluding hydrogens is 610 g/mol. The molecule has 1 aromatic heterocycles. The molecule has 6 N–H and O–H groups in total. The van der Waals surface area contributed by atoms with Crippen molar-refractivity contribution in [3.8, 4) is 23.0 Å². The molecule has 2 aromatic carbocycles. The molecule has 0 bridgehead atoms. The molecule has 0 aliphatic heterocycles. The average Bonchev–Trinajstić information content (AvgIpc) is 3.68. The third kappa shape index (κ3) is 8.61. The van der Waals surface area contributed by atoms with E-state index in [2.05, 4.69) is 20.4 Å². The van der Waals surface area contributed by atoms with Gasteiger partial charge in [0.1, 0.15) is 17.7 Å². The number of alkyl halides is 2. The largest absolute Gasteiger partial charge is 0.489 e. The summed E-state index contributed by atoms with van der Waals surface area (Å²) in [6, 6.07) is 4.12. The zero-order valence-electron chi connectivity index (χ0n) is 23.5. The van der Waals surface area contributed by atoms with Crippen LogP contribution in [0.25, 0.3) is 11.5 Å². The van der Waals surface area contributed by atoms with Crippen molar-refractivity contribution in [1.82, 2.24) is 15.6 Å². The van der Waals surface area contributed by atoms with Gasteiger partial charge >= 0.3 is 12.7 Å². The van der Waals surface area contributed by atoms with Gasteiger partial charge in [-0.3, -0.25) is 14.4 Å². The lowest BCUT2D eigenvalue weighted by Crippen LogP contribution is -2.43. The predicted molar refractivity (Wildman–Crippen MR) is 145 cm³/mol. The standard InChI is InChI=1S/C28H27F4N5O8/c1-12(43-28(34)41)23-22(25(40)36-21(24(39)35-10-20(33)38)16-6-5-15(29)9-17(16)30)37-26(45-23)14-4-7-18(44-27(31)32)19(8-14)42-11-13-2-3-13/h4-9,12-13,21,27H,2-3,10-11H2,1H3,(H2,33,38)(H2,34,41)(H,35,39)(H,36,40). The van der Waals surface area contributed by atoms with E-state index in [4.69, 9.17) is 25.4 Å². The molecule has 45 heavy (non-hydrogen) atoms. The van der Waals surface area contributed by atoms with Gasteiger partial charge in [0.05, 0.1) is 13.2 Å². The Labute approximate surface area is 252 Å². The number of hydrogen-bond donors (Lipinski definition) is 4. The Hall–Kier alpha value is -5.35. The summed E-state index contributed by atoms with van der Waals surface area (Å²) in [7, 11) is 0. The molecule has 1 aliphatic carbocycles. The molecule has 2 atom stereocenters. The number of ether oxygens (including phenoxy) is 3. The van der Waals surface area contributed by atoms with E-state index < -0.39 is 72.0 Å². The summed E-state index contributed by atoms with van der Waals surface area (Å²) in [6.07, 6.45) is -0.754. The van der Waals surface area contributed by atoms with E-state index in [-0.39, 0.29) is 41.2 Å². The fraction of sp³-hybridized carbons (Fsp3) is 0.321. The van der Waals surface area contributed by atoms with Crippen molar-refractivity contribution < 1.29 is 55.4 Å². The number of amides is 4. The van der Waals surface area contributed by atoms with Crippen LogP contribution in [0.5, 0.6) is 11.5 Å². The summed E-state index contributed by atoms with van der Waals surface area (Å²) in [4.78, 5) is 53.3. The Kier molecular flexibility index (Phi) is 10.1. The summed E-state index contributed by atoms with van der Waals surface area (Å²) >= 11 is 0. The van der Waals surface area contributed by atoms with E-state index >= 15 is 0 Å². The van der Waals surface area contributed by atoms with Crippen LogP contribution in [-0.2, 0) is 14.3 Å². The summed E-state index contributed by atoms with van der Waals surface area (Å²) in [6.45, 7) is -2.30. The first-order chi connectivity index (χ1) is 21.3. The number of carbonyl (C=O) groups excluding carboxylic acids is 4. The van der Waals surface area contributed by atoms with Crippen molar-refractivity contribution in [2.45, 2.75) is 38.5 Å². The minimum absolute atomic E-state index is 0.0649. The highest BCUT2D eigenvalue weighted by atomic mass is 19.3. The lowest BCUT2D eigenvalue weighted by atomic mass is 10.0. The Balaban J connectivity index is 1.72. The first kappa shape index (κ1) is 32.6. The van der Waals surface area contributed by atoms with Gasteiger partial charge in [-0.1, -0.05) is 6.07 Å². The van der Waals surface area contributed by atoms with Crippen LogP contribution in [0.3, 0.4) is 0 Å². The van der Waals surface area contributed by atoms with Crippen molar-refractivity contribution in [3.05, 3.63) is 65.1 Å². The SMILES string of the molecule is CC(OC(N)=O)c1oc(-c2ccc(OC(F)F)c(OCC3CC3)c2)nc1C(=O)NC(C(=O)NCC(N)=O)c1ccc(F)cc1F. The van der Waals surface area contributed by atoms with Gasteiger partial charge in [0.2, 0.25) is 17.7 Å². The molecular formula is C28H27F4N5O8. The molecule has 3 aromatic rings. The van der Waals surface area contributed by atoms with Crippen LogP contribution in [0.1, 0.15) is 53.7 Å². The molecule has 1 heterocycles. The van der Waals surface area contributed by atoms with Gasteiger partial charge in [-0.15, -0.1) is 0 Å². The lowest BCUT2D eigenvalue weighted by Gasteiger charge is -2.19. The van der Waals surface area contributed by atoms with Gasteiger partial charge in [-0.05, 0) is 49.9 Å². The summed E-state index contributed by atoms with van der Waals surface area (Å²) in [5, 5.41) is 4.37. The Morgan fingerprint density at radius 3 is 2.42 bits per heavy atom. The van der Waals surface area contributed by atoms with Crippen molar-refractivity contribution in [1.29, 1.82) is 0 Å². The number of nitrogens with two attached hydrogens (primary N) is 2. The number of primary amides is 2. The molecule has 4 rings (SSSR count). The fourth-order valence-corrected chi connectivity index (χ4v) is 4.06. The Morgan fingerprint density at radius 2 is 1.80 bits per heavy atom. The van der Waals surface area contributed by atoms with E-state index in [0.717, 1.165) is 25.0 Å². The van der Waals surface area contributed by atoms with Gasteiger partial charge in [-0.2, -0.15) is 8.78 Å². The fourth-order valence-electron chi connectivity index (χ4n) is 4.06. The molecule has 240 valence electrons. The van der Waals surface area contributed by atoms with E-state index in [9.17, 15) is 36.7 Å². The molecule has 2 unspecified atom stereocenters. The summed E-state index contributed by atoms with van der Waals surface area (Å²) in [5.74, 6) is -6.10. The zero-order chi connectivity index (χ0) is 32.8.